The summed E-state index contributed by atoms with van der Waals surface area (Å²) in [6.07, 6.45) is 0. The van der Waals surface area contributed by atoms with E-state index in [1.807, 2.05) is 0 Å². The topological polar surface area (TPSA) is 21.3 Å². The molecule has 0 aliphatic carbocycles. The maximum Gasteiger partial charge on any atom is 0.0713 e. The first-order valence-corrected chi connectivity index (χ1v) is 7.09. The molecule has 0 aliphatic rings. The highest BCUT2D eigenvalue weighted by molar-refractivity contribution is 5.46. The summed E-state index contributed by atoms with van der Waals surface area (Å²) in [7, 11) is 1.72. The molecule has 0 heterocycles. The molecule has 2 rings (SSSR count). The molecule has 0 saturated carbocycles. The Morgan fingerprint density at radius 2 is 1.75 bits per heavy atom. The van der Waals surface area contributed by atoms with Crippen molar-refractivity contribution in [2.24, 2.45) is 0 Å². The number of anilines is 1. The lowest BCUT2D eigenvalue weighted by molar-refractivity contribution is 0.185. The van der Waals surface area contributed by atoms with Crippen LogP contribution in [-0.4, -0.2) is 7.11 Å². The molecule has 0 aromatic heterocycles. The van der Waals surface area contributed by atoms with E-state index < -0.39 is 0 Å². The fraction of sp³-hybridized carbons (Fsp3) is 0.333. The third-order valence-corrected chi connectivity index (χ3v) is 3.38. The van der Waals surface area contributed by atoms with Crippen LogP contribution in [0.25, 0.3) is 0 Å². The molecule has 0 amide bonds. The average Bonchev–Trinajstić information content (AvgIpc) is 2.46. The van der Waals surface area contributed by atoms with Crippen LogP contribution in [-0.2, 0) is 17.9 Å². The first-order chi connectivity index (χ1) is 9.69. The zero-order valence-electron chi connectivity index (χ0n) is 12.5. The predicted molar refractivity (Wildman–Crippen MR) is 85.0 cm³/mol. The molecule has 0 spiro atoms. The van der Waals surface area contributed by atoms with Crippen molar-refractivity contribution in [2.75, 3.05) is 12.4 Å². The molecule has 0 bridgehead atoms. The maximum absolute atomic E-state index is 5.15. The Morgan fingerprint density at radius 1 is 1.00 bits per heavy atom. The lowest BCUT2D eigenvalue weighted by atomic mass is 10.0. The minimum absolute atomic E-state index is 0.586. The van der Waals surface area contributed by atoms with Crippen molar-refractivity contribution in [3.05, 3.63) is 65.2 Å². The third kappa shape index (κ3) is 4.10. The third-order valence-electron chi connectivity index (χ3n) is 3.38. The van der Waals surface area contributed by atoms with Crippen molar-refractivity contribution in [1.29, 1.82) is 0 Å². The van der Waals surface area contributed by atoms with Gasteiger partial charge in [0.15, 0.2) is 0 Å². The van der Waals surface area contributed by atoms with Crippen LogP contribution in [0.3, 0.4) is 0 Å². The van der Waals surface area contributed by atoms with Gasteiger partial charge in [0, 0.05) is 19.3 Å². The summed E-state index contributed by atoms with van der Waals surface area (Å²) in [4.78, 5) is 0. The second kappa shape index (κ2) is 7.11. The Morgan fingerprint density at radius 3 is 2.40 bits per heavy atom. The van der Waals surface area contributed by atoms with Crippen molar-refractivity contribution in [3.8, 4) is 0 Å². The van der Waals surface area contributed by atoms with E-state index in [1.165, 1.54) is 16.7 Å². The maximum atomic E-state index is 5.15. The highest BCUT2D eigenvalue weighted by atomic mass is 16.5. The summed E-state index contributed by atoms with van der Waals surface area (Å²) in [5.41, 5.74) is 5.00. The second-order valence-electron chi connectivity index (χ2n) is 5.38. The van der Waals surface area contributed by atoms with E-state index >= 15 is 0 Å². The lowest BCUT2D eigenvalue weighted by Crippen LogP contribution is -2.00. The van der Waals surface area contributed by atoms with Gasteiger partial charge in [-0.05, 0) is 34.7 Å². The number of ether oxygens (including phenoxy) is 1. The lowest BCUT2D eigenvalue weighted by Gasteiger charge is -2.10. The van der Waals surface area contributed by atoms with Gasteiger partial charge in [-0.2, -0.15) is 0 Å². The number of nitrogens with one attached hydrogen (secondary N) is 1. The highest BCUT2D eigenvalue weighted by Crippen LogP contribution is 2.16. The number of benzene rings is 2. The summed E-state index contributed by atoms with van der Waals surface area (Å²) in [5.74, 6) is 0.586. The SMILES string of the molecule is COCc1cccc(NCc2ccc(C(C)C)cc2)c1. The minimum Gasteiger partial charge on any atom is -0.381 e. The van der Waals surface area contributed by atoms with Crippen molar-refractivity contribution < 1.29 is 4.74 Å². The average molecular weight is 269 g/mol. The zero-order chi connectivity index (χ0) is 14.4. The van der Waals surface area contributed by atoms with E-state index in [1.54, 1.807) is 7.11 Å². The van der Waals surface area contributed by atoms with E-state index in [2.05, 4.69) is 67.7 Å². The summed E-state index contributed by atoms with van der Waals surface area (Å²) in [6.45, 7) is 5.93. The Labute approximate surface area is 121 Å². The molecule has 0 unspecified atom stereocenters. The van der Waals surface area contributed by atoms with Gasteiger partial charge in [0.2, 0.25) is 0 Å². The van der Waals surface area contributed by atoms with Crippen LogP contribution in [0.4, 0.5) is 5.69 Å². The normalized spacial score (nSPS) is 10.8. The van der Waals surface area contributed by atoms with Gasteiger partial charge in [0.1, 0.15) is 0 Å². The Bertz CT molecular complexity index is 531. The van der Waals surface area contributed by atoms with Crippen LogP contribution in [0.15, 0.2) is 48.5 Å². The number of rotatable bonds is 6. The van der Waals surface area contributed by atoms with Crippen molar-refractivity contribution >= 4 is 5.69 Å². The van der Waals surface area contributed by atoms with Crippen LogP contribution in [0.1, 0.15) is 36.5 Å². The molecule has 0 atom stereocenters. The smallest absolute Gasteiger partial charge is 0.0713 e. The van der Waals surface area contributed by atoms with Gasteiger partial charge in [-0.3, -0.25) is 0 Å². The molecular formula is C18H23NO. The molecule has 20 heavy (non-hydrogen) atoms. The number of hydrogen-bond acceptors (Lipinski definition) is 2. The summed E-state index contributed by atoms with van der Waals surface area (Å²) < 4.78 is 5.15. The van der Waals surface area contributed by atoms with Crippen molar-refractivity contribution in [3.63, 3.8) is 0 Å². The molecule has 0 saturated heterocycles. The van der Waals surface area contributed by atoms with Crippen molar-refractivity contribution in [2.45, 2.75) is 32.9 Å². The number of methoxy groups -OCH3 is 1. The summed E-state index contributed by atoms with van der Waals surface area (Å²) >= 11 is 0. The Balaban J connectivity index is 1.96. The molecule has 2 aromatic rings. The van der Waals surface area contributed by atoms with Crippen LogP contribution in [0.2, 0.25) is 0 Å². The summed E-state index contributed by atoms with van der Waals surface area (Å²) in [6, 6.07) is 17.2. The van der Waals surface area contributed by atoms with Crippen LogP contribution in [0, 0.1) is 0 Å². The molecule has 2 nitrogen and oxygen atoms in total. The fourth-order valence-electron chi connectivity index (χ4n) is 2.16. The Hall–Kier alpha value is -1.80. The molecular weight excluding hydrogens is 246 g/mol. The summed E-state index contributed by atoms with van der Waals surface area (Å²) in [5, 5.41) is 3.45. The zero-order valence-corrected chi connectivity index (χ0v) is 12.5. The minimum atomic E-state index is 0.586. The van der Waals surface area contributed by atoms with Gasteiger partial charge < -0.3 is 10.1 Å². The van der Waals surface area contributed by atoms with Crippen LogP contribution < -0.4 is 5.32 Å². The molecule has 0 fully saturated rings. The van der Waals surface area contributed by atoms with E-state index in [4.69, 9.17) is 4.74 Å². The molecule has 0 radical (unpaired) electrons. The van der Waals surface area contributed by atoms with Crippen LogP contribution in [0.5, 0.6) is 0 Å². The largest absolute Gasteiger partial charge is 0.381 e. The Kier molecular flexibility index (Phi) is 5.19. The van der Waals surface area contributed by atoms with E-state index in [-0.39, 0.29) is 0 Å². The second-order valence-corrected chi connectivity index (χ2v) is 5.38. The molecule has 2 heteroatoms. The number of hydrogen-bond donors (Lipinski definition) is 1. The van der Waals surface area contributed by atoms with Gasteiger partial charge in [0.25, 0.3) is 0 Å². The quantitative estimate of drug-likeness (QED) is 0.829. The monoisotopic (exact) mass is 269 g/mol. The van der Waals surface area contributed by atoms with E-state index in [0.29, 0.717) is 12.5 Å². The van der Waals surface area contributed by atoms with Gasteiger partial charge in [-0.1, -0.05) is 50.2 Å². The first kappa shape index (κ1) is 14.6. The molecule has 1 N–H and O–H groups in total. The molecule has 0 aliphatic heterocycles. The standard InChI is InChI=1S/C18H23NO/c1-14(2)17-9-7-15(8-10-17)12-19-18-6-4-5-16(11-18)13-20-3/h4-11,14,19H,12-13H2,1-3H3. The van der Waals surface area contributed by atoms with Gasteiger partial charge in [0.05, 0.1) is 6.61 Å². The predicted octanol–water partition coefficient (Wildman–Crippen LogP) is 4.57. The van der Waals surface area contributed by atoms with Gasteiger partial charge >= 0.3 is 0 Å². The van der Waals surface area contributed by atoms with Crippen LogP contribution >= 0.6 is 0 Å². The van der Waals surface area contributed by atoms with Gasteiger partial charge in [-0.15, -0.1) is 0 Å². The first-order valence-electron chi connectivity index (χ1n) is 7.09. The molecule has 106 valence electrons. The van der Waals surface area contributed by atoms with Gasteiger partial charge in [-0.25, -0.2) is 0 Å². The van der Waals surface area contributed by atoms with E-state index in [9.17, 15) is 0 Å². The molecule has 2 aromatic carbocycles. The highest BCUT2D eigenvalue weighted by Gasteiger charge is 2.00. The van der Waals surface area contributed by atoms with E-state index in [0.717, 1.165) is 12.2 Å². The fourth-order valence-corrected chi connectivity index (χ4v) is 2.16. The van der Waals surface area contributed by atoms with Crippen molar-refractivity contribution in [1.82, 2.24) is 0 Å².